The number of quaternary nitrogens is 1. The Kier molecular flexibility index (Phi) is 37.3. The van der Waals surface area contributed by atoms with Crippen LogP contribution in [0.5, 0.6) is 0 Å². The number of nitrogens with zero attached hydrogens (tertiary/aromatic N) is 1. The Morgan fingerprint density at radius 3 is 1.44 bits per heavy atom. The van der Waals surface area contributed by atoms with Gasteiger partial charge in [-0.2, -0.15) is 0 Å². The fourth-order valence-corrected chi connectivity index (χ4v) is 7.52. The van der Waals surface area contributed by atoms with E-state index in [0.29, 0.717) is 23.9 Å². The number of carbonyl (C=O) groups is 1. The van der Waals surface area contributed by atoms with E-state index in [1.54, 1.807) is 0 Å². The average Bonchev–Trinajstić information content (AvgIpc) is 3.12. The van der Waals surface area contributed by atoms with Crippen molar-refractivity contribution >= 4 is 13.7 Å². The number of likely N-dealkylation sites (N-methyl/N-ethyl adjacent to an activating group) is 1. The van der Waals surface area contributed by atoms with Crippen molar-refractivity contribution in [1.82, 2.24) is 5.32 Å². The van der Waals surface area contributed by atoms with Gasteiger partial charge in [-0.1, -0.05) is 187 Å². The lowest BCUT2D eigenvalue weighted by atomic mass is 10.0. The number of nitrogens with one attached hydrogen (secondary N) is 1. The largest absolute Gasteiger partial charge is 0.756 e. The Hall–Kier alpha value is -0.760. The second-order valence-electron chi connectivity index (χ2n) is 17.1. The van der Waals surface area contributed by atoms with Gasteiger partial charge in [-0.05, 0) is 38.5 Å². The molecule has 0 aromatic heterocycles. The number of hydrogen-bond donors (Lipinski definition) is 2. The molecule has 322 valence electrons. The maximum atomic E-state index is 12.9. The number of carbonyl (C=O) groups excluding carboxylic acids is 1. The molecule has 0 aliphatic heterocycles. The van der Waals surface area contributed by atoms with Crippen LogP contribution in [0.25, 0.3) is 0 Å². The minimum Gasteiger partial charge on any atom is -0.756 e. The lowest BCUT2D eigenvalue weighted by molar-refractivity contribution is -0.870. The van der Waals surface area contributed by atoms with Crippen LogP contribution in [-0.4, -0.2) is 68.5 Å². The van der Waals surface area contributed by atoms with Crippen LogP contribution in [0, 0.1) is 0 Å². The van der Waals surface area contributed by atoms with Gasteiger partial charge >= 0.3 is 0 Å². The highest BCUT2D eigenvalue weighted by Gasteiger charge is 2.24. The lowest BCUT2D eigenvalue weighted by Gasteiger charge is -2.30. The molecule has 0 spiro atoms. The summed E-state index contributed by atoms with van der Waals surface area (Å²) in [5, 5.41) is 13.9. The van der Waals surface area contributed by atoms with Crippen LogP contribution in [0.1, 0.15) is 219 Å². The Morgan fingerprint density at radius 2 is 1.02 bits per heavy atom. The highest BCUT2D eigenvalue weighted by molar-refractivity contribution is 7.45. The first-order valence-corrected chi connectivity index (χ1v) is 24.5. The molecule has 0 radical (unpaired) electrons. The summed E-state index contributed by atoms with van der Waals surface area (Å²) in [4.78, 5) is 25.3. The zero-order valence-electron chi connectivity index (χ0n) is 36.4. The van der Waals surface area contributed by atoms with E-state index in [4.69, 9.17) is 9.05 Å². The molecule has 0 saturated carbocycles. The third kappa shape index (κ3) is 39.5. The molecule has 0 aliphatic carbocycles. The molecule has 0 bridgehead atoms. The fourth-order valence-electron chi connectivity index (χ4n) is 6.80. The van der Waals surface area contributed by atoms with Crippen LogP contribution in [0.3, 0.4) is 0 Å². The topological polar surface area (TPSA) is 108 Å². The molecule has 2 N–H and O–H groups in total. The Balaban J connectivity index is 4.24. The van der Waals surface area contributed by atoms with Crippen LogP contribution >= 0.6 is 7.82 Å². The second kappa shape index (κ2) is 37.8. The average molecular weight is 787 g/mol. The molecule has 0 aromatic rings. The number of aliphatic hydroxyl groups is 1. The van der Waals surface area contributed by atoms with E-state index in [2.05, 4.69) is 31.3 Å². The van der Waals surface area contributed by atoms with E-state index in [-0.39, 0.29) is 19.1 Å². The Morgan fingerprint density at radius 1 is 0.630 bits per heavy atom. The van der Waals surface area contributed by atoms with Gasteiger partial charge in [0.15, 0.2) is 0 Å². The van der Waals surface area contributed by atoms with Crippen molar-refractivity contribution in [2.24, 2.45) is 0 Å². The number of unbranched alkanes of at least 4 members (excludes halogenated alkanes) is 27. The quantitative estimate of drug-likeness (QED) is 0.0276. The Bertz CT molecular complexity index is 896. The van der Waals surface area contributed by atoms with E-state index in [1.807, 2.05) is 21.1 Å². The van der Waals surface area contributed by atoms with Crippen LogP contribution in [-0.2, 0) is 18.4 Å². The molecule has 9 heteroatoms. The summed E-state index contributed by atoms with van der Waals surface area (Å²) in [7, 11) is 1.31. The van der Waals surface area contributed by atoms with Crippen molar-refractivity contribution in [3.8, 4) is 0 Å². The molecule has 0 rings (SSSR count). The van der Waals surface area contributed by atoms with Crippen molar-refractivity contribution in [2.75, 3.05) is 40.9 Å². The molecule has 0 saturated heterocycles. The molecular formula is C45H91N2O6P. The smallest absolute Gasteiger partial charge is 0.268 e. The summed E-state index contributed by atoms with van der Waals surface area (Å²) in [6, 6.07) is -0.797. The van der Waals surface area contributed by atoms with E-state index in [1.165, 1.54) is 154 Å². The monoisotopic (exact) mass is 787 g/mol. The van der Waals surface area contributed by atoms with Gasteiger partial charge in [0.1, 0.15) is 13.2 Å². The fraction of sp³-hybridized carbons (Fsp3) is 0.933. The van der Waals surface area contributed by atoms with Gasteiger partial charge < -0.3 is 28.8 Å². The first-order valence-electron chi connectivity index (χ1n) is 23.0. The molecule has 0 aliphatic rings. The molecule has 54 heavy (non-hydrogen) atoms. The standard InChI is InChI=1S/C45H91N2O6P/c1-6-8-10-12-14-16-18-19-20-21-22-23-24-25-26-27-29-31-33-35-37-39-45(49)46-43(42-53-54(50,51)52-41-40-47(3,4)5)44(48)38-36-34-32-30-28-17-15-13-11-9-7-2/h23-24,43-44,48H,6-22,25-42H2,1-5H3,(H-,46,49,50,51)/b24-23-. The van der Waals surface area contributed by atoms with E-state index < -0.39 is 20.0 Å². The van der Waals surface area contributed by atoms with Crippen LogP contribution in [0.15, 0.2) is 12.2 Å². The van der Waals surface area contributed by atoms with Crippen molar-refractivity contribution < 1.29 is 32.9 Å². The summed E-state index contributed by atoms with van der Waals surface area (Å²) >= 11 is 0. The summed E-state index contributed by atoms with van der Waals surface area (Å²) in [6.07, 6.45) is 42.2. The van der Waals surface area contributed by atoms with Crippen molar-refractivity contribution in [3.05, 3.63) is 12.2 Å². The number of hydrogen-bond acceptors (Lipinski definition) is 6. The number of rotatable bonds is 42. The third-order valence-corrected chi connectivity index (χ3v) is 11.5. The molecule has 0 fully saturated rings. The number of allylic oxidation sites excluding steroid dienone is 2. The number of phosphoric acid groups is 1. The van der Waals surface area contributed by atoms with Crippen molar-refractivity contribution in [1.29, 1.82) is 0 Å². The molecule has 8 nitrogen and oxygen atoms in total. The number of phosphoric ester groups is 1. The molecule has 3 unspecified atom stereocenters. The van der Waals surface area contributed by atoms with Gasteiger partial charge in [0.25, 0.3) is 7.82 Å². The Labute approximate surface area is 335 Å². The zero-order chi connectivity index (χ0) is 40.0. The van der Waals surface area contributed by atoms with Gasteiger partial charge in [-0.25, -0.2) is 0 Å². The highest BCUT2D eigenvalue weighted by atomic mass is 31.2. The van der Waals surface area contributed by atoms with E-state index >= 15 is 0 Å². The van der Waals surface area contributed by atoms with Gasteiger partial charge in [-0.3, -0.25) is 9.36 Å². The first-order chi connectivity index (χ1) is 26.0. The van der Waals surface area contributed by atoms with Gasteiger partial charge in [0.2, 0.25) is 5.91 Å². The third-order valence-electron chi connectivity index (χ3n) is 10.5. The summed E-state index contributed by atoms with van der Waals surface area (Å²) in [5.41, 5.74) is 0. The van der Waals surface area contributed by atoms with Crippen LogP contribution in [0.4, 0.5) is 0 Å². The van der Waals surface area contributed by atoms with Gasteiger partial charge in [0, 0.05) is 6.42 Å². The maximum absolute atomic E-state index is 12.9. The van der Waals surface area contributed by atoms with E-state index in [9.17, 15) is 19.4 Å². The zero-order valence-corrected chi connectivity index (χ0v) is 37.3. The summed E-state index contributed by atoms with van der Waals surface area (Å²) in [5.74, 6) is -0.169. The van der Waals surface area contributed by atoms with Crippen LogP contribution in [0.2, 0.25) is 0 Å². The normalized spacial score (nSPS) is 14.4. The predicted molar refractivity (Wildman–Crippen MR) is 229 cm³/mol. The van der Waals surface area contributed by atoms with Gasteiger partial charge in [-0.15, -0.1) is 0 Å². The lowest BCUT2D eigenvalue weighted by Crippen LogP contribution is -2.46. The van der Waals surface area contributed by atoms with Crippen molar-refractivity contribution in [2.45, 2.75) is 231 Å². The molecule has 1 amide bonds. The number of aliphatic hydroxyl groups excluding tert-OH is 1. The van der Waals surface area contributed by atoms with Gasteiger partial charge in [0.05, 0.1) is 39.9 Å². The first kappa shape index (κ1) is 53.2. The molecule has 0 aromatic carbocycles. The SMILES string of the molecule is CCCCCCCCCCCC/C=C\CCCCCCCCCC(=O)NC(COP(=O)([O-])OCC[N+](C)(C)C)C(O)CCCCCCCCCCCCC. The summed E-state index contributed by atoms with van der Waals surface area (Å²) < 4.78 is 23.2. The highest BCUT2D eigenvalue weighted by Crippen LogP contribution is 2.38. The maximum Gasteiger partial charge on any atom is 0.268 e. The molecule has 0 heterocycles. The molecular weight excluding hydrogens is 695 g/mol. The van der Waals surface area contributed by atoms with Crippen LogP contribution < -0.4 is 10.2 Å². The van der Waals surface area contributed by atoms with Crippen molar-refractivity contribution in [3.63, 3.8) is 0 Å². The minimum absolute atomic E-state index is 0.0130. The predicted octanol–water partition coefficient (Wildman–Crippen LogP) is 12.1. The minimum atomic E-state index is -4.56. The summed E-state index contributed by atoms with van der Waals surface area (Å²) in [6.45, 7) is 4.72. The molecule has 3 atom stereocenters. The second-order valence-corrected chi connectivity index (χ2v) is 18.5. The van der Waals surface area contributed by atoms with E-state index in [0.717, 1.165) is 38.5 Å². The number of amides is 1.